The summed E-state index contributed by atoms with van der Waals surface area (Å²) in [6, 6.07) is 1.19. The van der Waals surface area contributed by atoms with Crippen LogP contribution in [0.25, 0.3) is 0 Å². The SMILES string of the molecule is COCOCc1cc(F)c(Cl)nc1Cl. The van der Waals surface area contributed by atoms with Crippen LogP contribution >= 0.6 is 23.2 Å². The molecule has 1 heterocycles. The van der Waals surface area contributed by atoms with Gasteiger partial charge in [-0.3, -0.25) is 0 Å². The molecule has 0 spiro atoms. The van der Waals surface area contributed by atoms with Gasteiger partial charge in [0.25, 0.3) is 0 Å². The Labute approximate surface area is 90.7 Å². The number of hydrogen-bond acceptors (Lipinski definition) is 3. The van der Waals surface area contributed by atoms with Crippen molar-refractivity contribution >= 4 is 23.2 Å². The molecule has 0 fully saturated rings. The van der Waals surface area contributed by atoms with Gasteiger partial charge < -0.3 is 9.47 Å². The van der Waals surface area contributed by atoms with E-state index in [1.807, 2.05) is 0 Å². The minimum Gasteiger partial charge on any atom is -0.359 e. The lowest BCUT2D eigenvalue weighted by atomic mass is 10.3. The second-order valence-electron chi connectivity index (χ2n) is 2.47. The molecular weight excluding hydrogens is 232 g/mol. The van der Waals surface area contributed by atoms with Crippen LogP contribution in [-0.4, -0.2) is 18.9 Å². The molecule has 1 rings (SSSR count). The van der Waals surface area contributed by atoms with Gasteiger partial charge in [0.05, 0.1) is 6.61 Å². The van der Waals surface area contributed by atoms with Gasteiger partial charge >= 0.3 is 0 Å². The predicted octanol–water partition coefficient (Wildman–Crippen LogP) is 2.65. The molecule has 0 aromatic carbocycles. The van der Waals surface area contributed by atoms with Crippen LogP contribution in [0.1, 0.15) is 5.56 Å². The van der Waals surface area contributed by atoms with Crippen molar-refractivity contribution in [3.63, 3.8) is 0 Å². The van der Waals surface area contributed by atoms with Crippen LogP contribution in [0.3, 0.4) is 0 Å². The highest BCUT2D eigenvalue weighted by atomic mass is 35.5. The average molecular weight is 240 g/mol. The molecule has 0 atom stereocenters. The third kappa shape index (κ3) is 3.06. The lowest BCUT2D eigenvalue weighted by Crippen LogP contribution is -1.99. The van der Waals surface area contributed by atoms with E-state index in [9.17, 15) is 4.39 Å². The van der Waals surface area contributed by atoms with Gasteiger partial charge in [0.1, 0.15) is 11.9 Å². The summed E-state index contributed by atoms with van der Waals surface area (Å²) in [5.41, 5.74) is 0.436. The molecule has 0 aliphatic carbocycles. The standard InChI is InChI=1S/C8H8Cl2FNO2/c1-13-4-14-3-5-2-6(11)8(10)12-7(5)9/h2H,3-4H2,1H3. The van der Waals surface area contributed by atoms with Gasteiger partial charge in [-0.05, 0) is 6.07 Å². The van der Waals surface area contributed by atoms with E-state index >= 15 is 0 Å². The van der Waals surface area contributed by atoms with Crippen molar-refractivity contribution in [2.45, 2.75) is 6.61 Å². The summed E-state index contributed by atoms with van der Waals surface area (Å²) in [5, 5.41) is -0.113. The van der Waals surface area contributed by atoms with Crippen LogP contribution < -0.4 is 0 Å². The van der Waals surface area contributed by atoms with Crippen molar-refractivity contribution in [3.8, 4) is 0 Å². The Kier molecular flexibility index (Phi) is 4.54. The fourth-order valence-electron chi connectivity index (χ4n) is 0.820. The number of nitrogens with zero attached hydrogens (tertiary/aromatic N) is 1. The first-order valence-electron chi connectivity index (χ1n) is 3.72. The Bertz CT molecular complexity index is 322. The minimum atomic E-state index is -0.618. The number of rotatable bonds is 4. The van der Waals surface area contributed by atoms with Gasteiger partial charge in [-0.15, -0.1) is 0 Å². The molecule has 14 heavy (non-hydrogen) atoms. The van der Waals surface area contributed by atoms with Crippen molar-refractivity contribution < 1.29 is 13.9 Å². The topological polar surface area (TPSA) is 31.4 Å². The van der Waals surface area contributed by atoms with Gasteiger partial charge in [-0.1, -0.05) is 23.2 Å². The summed E-state index contributed by atoms with van der Waals surface area (Å²) >= 11 is 11.1. The summed E-state index contributed by atoms with van der Waals surface area (Å²) in [5.74, 6) is -0.618. The van der Waals surface area contributed by atoms with Crippen LogP contribution in [0.15, 0.2) is 6.07 Å². The normalized spacial score (nSPS) is 10.6. The molecule has 1 aromatic rings. The van der Waals surface area contributed by atoms with Crippen LogP contribution in [-0.2, 0) is 16.1 Å². The van der Waals surface area contributed by atoms with Crippen molar-refractivity contribution in [1.29, 1.82) is 0 Å². The summed E-state index contributed by atoms with van der Waals surface area (Å²) in [6.07, 6.45) is 0. The smallest absolute Gasteiger partial charge is 0.166 e. The third-order valence-electron chi connectivity index (χ3n) is 1.42. The third-order valence-corrected chi connectivity index (χ3v) is 2.01. The van der Waals surface area contributed by atoms with Crippen LogP contribution in [0.5, 0.6) is 0 Å². The largest absolute Gasteiger partial charge is 0.359 e. The van der Waals surface area contributed by atoms with Gasteiger partial charge in [-0.2, -0.15) is 0 Å². The first-order valence-corrected chi connectivity index (χ1v) is 4.48. The summed E-state index contributed by atoms with van der Waals surface area (Å²) in [7, 11) is 1.49. The predicted molar refractivity (Wildman–Crippen MR) is 50.9 cm³/mol. The number of aromatic nitrogens is 1. The number of pyridine rings is 1. The highest BCUT2D eigenvalue weighted by Crippen LogP contribution is 2.20. The maximum atomic E-state index is 12.9. The zero-order valence-corrected chi connectivity index (χ0v) is 8.90. The molecule has 0 amide bonds. The first-order chi connectivity index (χ1) is 6.65. The fourth-order valence-corrected chi connectivity index (χ4v) is 1.20. The van der Waals surface area contributed by atoms with E-state index < -0.39 is 5.82 Å². The van der Waals surface area contributed by atoms with Crippen LogP contribution in [0, 0.1) is 5.82 Å². The average Bonchev–Trinajstić information content (AvgIpc) is 2.14. The highest BCUT2D eigenvalue weighted by molar-refractivity contribution is 6.32. The Hall–Kier alpha value is -0.420. The highest BCUT2D eigenvalue weighted by Gasteiger charge is 2.08. The Morgan fingerprint density at radius 1 is 1.43 bits per heavy atom. The van der Waals surface area contributed by atoms with E-state index in [0.29, 0.717) is 5.56 Å². The molecule has 0 N–H and O–H groups in total. The van der Waals surface area contributed by atoms with Crippen LogP contribution in [0.4, 0.5) is 4.39 Å². The molecule has 1 aromatic heterocycles. The van der Waals surface area contributed by atoms with E-state index in [2.05, 4.69) is 9.72 Å². The monoisotopic (exact) mass is 239 g/mol. The molecule has 0 bridgehead atoms. The van der Waals surface area contributed by atoms with E-state index in [1.165, 1.54) is 13.2 Å². The van der Waals surface area contributed by atoms with E-state index in [1.54, 1.807) is 0 Å². The van der Waals surface area contributed by atoms with E-state index in [-0.39, 0.29) is 23.7 Å². The second kappa shape index (κ2) is 5.46. The molecular formula is C8H8Cl2FNO2. The van der Waals surface area contributed by atoms with Gasteiger partial charge in [0.15, 0.2) is 11.0 Å². The second-order valence-corrected chi connectivity index (χ2v) is 3.18. The quantitative estimate of drug-likeness (QED) is 0.460. The zero-order chi connectivity index (χ0) is 10.6. The Morgan fingerprint density at radius 2 is 2.14 bits per heavy atom. The molecule has 0 saturated carbocycles. The lowest BCUT2D eigenvalue weighted by Gasteiger charge is -2.05. The minimum absolute atomic E-state index is 0.112. The molecule has 78 valence electrons. The summed E-state index contributed by atoms with van der Waals surface area (Å²) in [4.78, 5) is 3.59. The Morgan fingerprint density at radius 3 is 2.79 bits per heavy atom. The van der Waals surface area contributed by atoms with Gasteiger partial charge in [0.2, 0.25) is 0 Å². The molecule has 0 aliphatic heterocycles. The number of halogens is 3. The summed E-state index contributed by atoms with van der Waals surface area (Å²) < 4.78 is 22.6. The maximum Gasteiger partial charge on any atom is 0.166 e. The van der Waals surface area contributed by atoms with Crippen molar-refractivity contribution in [2.24, 2.45) is 0 Å². The maximum absolute atomic E-state index is 12.9. The van der Waals surface area contributed by atoms with Gasteiger partial charge in [-0.25, -0.2) is 9.37 Å². The molecule has 0 aliphatic rings. The molecule has 0 saturated heterocycles. The Balaban J connectivity index is 2.72. The fraction of sp³-hybridized carbons (Fsp3) is 0.375. The molecule has 3 nitrogen and oxygen atoms in total. The van der Waals surface area contributed by atoms with Crippen molar-refractivity contribution in [2.75, 3.05) is 13.9 Å². The van der Waals surface area contributed by atoms with Crippen molar-refractivity contribution in [3.05, 3.63) is 27.8 Å². The van der Waals surface area contributed by atoms with E-state index in [0.717, 1.165) is 0 Å². The number of methoxy groups -OCH3 is 1. The summed E-state index contributed by atoms with van der Waals surface area (Å²) in [6.45, 7) is 0.244. The van der Waals surface area contributed by atoms with Gasteiger partial charge in [0, 0.05) is 12.7 Å². The van der Waals surface area contributed by atoms with E-state index in [4.69, 9.17) is 27.9 Å². The molecule has 6 heteroatoms. The van der Waals surface area contributed by atoms with Crippen molar-refractivity contribution in [1.82, 2.24) is 4.98 Å². The molecule has 0 radical (unpaired) electrons. The zero-order valence-electron chi connectivity index (χ0n) is 7.39. The molecule has 0 unspecified atom stereocenters. The van der Waals surface area contributed by atoms with Crippen LogP contribution in [0.2, 0.25) is 10.3 Å². The number of ether oxygens (including phenoxy) is 2. The first kappa shape index (κ1) is 11.7. The number of hydrogen-bond donors (Lipinski definition) is 0. The lowest BCUT2D eigenvalue weighted by molar-refractivity contribution is -0.0391.